The van der Waals surface area contributed by atoms with Crippen LogP contribution in [0.4, 0.5) is 0 Å². The average Bonchev–Trinajstić information content (AvgIpc) is 2.21. The highest BCUT2D eigenvalue weighted by molar-refractivity contribution is 5.79. The van der Waals surface area contributed by atoms with Gasteiger partial charge in [-0.1, -0.05) is 51.9 Å². The quantitative estimate of drug-likeness (QED) is 0.197. The Labute approximate surface area is 87.9 Å². The van der Waals surface area contributed by atoms with Crippen LogP contribution in [0.15, 0.2) is 5.10 Å². The molecular weight excluding hydrogens is 174 g/mol. The van der Waals surface area contributed by atoms with Crippen LogP contribution in [0.3, 0.4) is 0 Å². The summed E-state index contributed by atoms with van der Waals surface area (Å²) in [5.74, 6) is 5.61. The monoisotopic (exact) mass is 199 g/mol. The summed E-state index contributed by atoms with van der Waals surface area (Å²) < 4.78 is 0. The molecule has 0 saturated heterocycles. The first-order valence-electron chi connectivity index (χ1n) is 5.83. The molecule has 0 rings (SSSR count). The summed E-state index contributed by atoms with van der Waals surface area (Å²) in [5.41, 5.74) is 5.48. The minimum Gasteiger partial charge on any atom is -0.386 e. The van der Waals surface area contributed by atoms with Crippen LogP contribution in [0.25, 0.3) is 0 Å². The van der Waals surface area contributed by atoms with Gasteiger partial charge < -0.3 is 11.6 Å². The first-order valence-corrected chi connectivity index (χ1v) is 5.83. The number of rotatable bonds is 9. The van der Waals surface area contributed by atoms with Crippen molar-refractivity contribution in [3.05, 3.63) is 0 Å². The van der Waals surface area contributed by atoms with Gasteiger partial charge in [0.2, 0.25) is 0 Å². The molecule has 84 valence electrons. The Kier molecular flexibility index (Phi) is 9.81. The van der Waals surface area contributed by atoms with E-state index in [1.807, 2.05) is 0 Å². The van der Waals surface area contributed by atoms with Gasteiger partial charge >= 0.3 is 0 Å². The maximum absolute atomic E-state index is 5.48. The molecule has 0 spiro atoms. The van der Waals surface area contributed by atoms with Crippen molar-refractivity contribution >= 4 is 5.84 Å². The lowest BCUT2D eigenvalue weighted by molar-refractivity contribution is 0.579. The fourth-order valence-corrected chi connectivity index (χ4v) is 1.50. The smallest absolute Gasteiger partial charge is 0.119 e. The molecule has 0 fully saturated rings. The summed E-state index contributed by atoms with van der Waals surface area (Å²) >= 11 is 0. The summed E-state index contributed by atoms with van der Waals surface area (Å²) in [6.07, 6.45) is 11.4. The van der Waals surface area contributed by atoms with E-state index in [1.165, 1.54) is 44.9 Å². The average molecular weight is 199 g/mol. The van der Waals surface area contributed by atoms with Crippen molar-refractivity contribution in [2.45, 2.75) is 64.7 Å². The third-order valence-corrected chi connectivity index (χ3v) is 2.45. The van der Waals surface area contributed by atoms with Gasteiger partial charge in [0.15, 0.2) is 0 Å². The van der Waals surface area contributed by atoms with Crippen molar-refractivity contribution in [2.75, 3.05) is 0 Å². The second-order valence-electron chi connectivity index (χ2n) is 3.85. The number of hydrogen-bond acceptors (Lipinski definition) is 2. The van der Waals surface area contributed by atoms with E-state index in [-0.39, 0.29) is 0 Å². The summed E-state index contributed by atoms with van der Waals surface area (Å²) in [6, 6.07) is 0. The first-order chi connectivity index (χ1) is 6.81. The number of unbranched alkanes of at least 4 members (excludes halogenated alkanes) is 7. The van der Waals surface area contributed by atoms with Gasteiger partial charge in [-0.25, -0.2) is 0 Å². The van der Waals surface area contributed by atoms with Gasteiger partial charge in [-0.15, -0.1) is 0 Å². The van der Waals surface area contributed by atoms with Gasteiger partial charge in [0.1, 0.15) is 5.84 Å². The molecule has 0 saturated carbocycles. The zero-order valence-corrected chi connectivity index (χ0v) is 9.47. The van der Waals surface area contributed by atoms with Crippen LogP contribution in [0.1, 0.15) is 64.7 Å². The first kappa shape index (κ1) is 13.3. The predicted molar refractivity (Wildman–Crippen MR) is 63.0 cm³/mol. The molecule has 0 aliphatic heterocycles. The minimum absolute atomic E-state index is 0.580. The van der Waals surface area contributed by atoms with Crippen LogP contribution >= 0.6 is 0 Å². The van der Waals surface area contributed by atoms with E-state index in [9.17, 15) is 0 Å². The molecule has 0 radical (unpaired) electrons. The third-order valence-electron chi connectivity index (χ3n) is 2.45. The Morgan fingerprint density at radius 3 is 1.93 bits per heavy atom. The molecule has 3 nitrogen and oxygen atoms in total. The molecule has 0 bridgehead atoms. The Bertz CT molecular complexity index is 143. The second kappa shape index (κ2) is 10.4. The fourth-order valence-electron chi connectivity index (χ4n) is 1.50. The van der Waals surface area contributed by atoms with Crippen molar-refractivity contribution in [3.8, 4) is 0 Å². The minimum atomic E-state index is 0.580. The van der Waals surface area contributed by atoms with Gasteiger partial charge in [-0.3, -0.25) is 0 Å². The van der Waals surface area contributed by atoms with E-state index in [0.29, 0.717) is 5.84 Å². The number of nitrogens with zero attached hydrogens (tertiary/aromatic N) is 1. The molecule has 0 amide bonds. The second-order valence-corrected chi connectivity index (χ2v) is 3.85. The van der Waals surface area contributed by atoms with Crippen molar-refractivity contribution in [1.29, 1.82) is 0 Å². The van der Waals surface area contributed by atoms with Crippen LogP contribution in [0.5, 0.6) is 0 Å². The largest absolute Gasteiger partial charge is 0.386 e. The zero-order chi connectivity index (χ0) is 10.6. The lowest BCUT2D eigenvalue weighted by Crippen LogP contribution is -2.13. The van der Waals surface area contributed by atoms with Gasteiger partial charge in [-0.05, 0) is 6.42 Å². The molecule has 14 heavy (non-hydrogen) atoms. The molecular formula is C11H25N3. The Hall–Kier alpha value is -0.730. The SMILES string of the molecule is CCCCCCCCCC/C(N)=N/N. The highest BCUT2D eigenvalue weighted by atomic mass is 15.1. The van der Waals surface area contributed by atoms with Crippen LogP contribution in [0, 0.1) is 0 Å². The molecule has 3 heteroatoms. The van der Waals surface area contributed by atoms with Crippen LogP contribution in [-0.4, -0.2) is 5.84 Å². The molecule has 0 atom stereocenters. The van der Waals surface area contributed by atoms with E-state index in [0.717, 1.165) is 12.8 Å². The van der Waals surface area contributed by atoms with Gasteiger partial charge in [0, 0.05) is 6.42 Å². The van der Waals surface area contributed by atoms with E-state index < -0.39 is 0 Å². The molecule has 0 aromatic carbocycles. The van der Waals surface area contributed by atoms with E-state index in [4.69, 9.17) is 11.6 Å². The van der Waals surface area contributed by atoms with Crippen LogP contribution < -0.4 is 11.6 Å². The zero-order valence-electron chi connectivity index (χ0n) is 9.47. The van der Waals surface area contributed by atoms with Crippen LogP contribution in [-0.2, 0) is 0 Å². The lowest BCUT2D eigenvalue weighted by Gasteiger charge is -2.01. The third kappa shape index (κ3) is 9.36. The van der Waals surface area contributed by atoms with Crippen molar-refractivity contribution in [3.63, 3.8) is 0 Å². The maximum atomic E-state index is 5.48. The number of hydrazone groups is 1. The molecule has 0 aliphatic rings. The predicted octanol–water partition coefficient (Wildman–Crippen LogP) is 2.75. The number of hydrogen-bond donors (Lipinski definition) is 2. The number of amidine groups is 1. The van der Waals surface area contributed by atoms with Gasteiger partial charge in [0.05, 0.1) is 0 Å². The Morgan fingerprint density at radius 2 is 1.43 bits per heavy atom. The lowest BCUT2D eigenvalue weighted by atomic mass is 10.1. The molecule has 0 aliphatic carbocycles. The highest BCUT2D eigenvalue weighted by Gasteiger charge is 1.93. The van der Waals surface area contributed by atoms with Crippen molar-refractivity contribution < 1.29 is 0 Å². The van der Waals surface area contributed by atoms with E-state index >= 15 is 0 Å². The Morgan fingerprint density at radius 1 is 0.929 bits per heavy atom. The van der Waals surface area contributed by atoms with Crippen LogP contribution in [0.2, 0.25) is 0 Å². The van der Waals surface area contributed by atoms with Gasteiger partial charge in [-0.2, -0.15) is 5.10 Å². The molecule has 0 heterocycles. The fraction of sp³-hybridized carbons (Fsp3) is 0.909. The van der Waals surface area contributed by atoms with Crippen molar-refractivity contribution in [2.24, 2.45) is 16.7 Å². The molecule has 0 aromatic rings. The summed E-state index contributed by atoms with van der Waals surface area (Å²) in [7, 11) is 0. The van der Waals surface area contributed by atoms with E-state index in [1.54, 1.807) is 0 Å². The normalized spacial score (nSPS) is 11.9. The van der Waals surface area contributed by atoms with Gasteiger partial charge in [0.25, 0.3) is 0 Å². The number of nitrogens with two attached hydrogens (primary N) is 2. The molecule has 4 N–H and O–H groups in total. The summed E-state index contributed by atoms with van der Waals surface area (Å²) in [4.78, 5) is 0. The Balaban J connectivity index is 2.99. The molecule has 0 unspecified atom stereocenters. The summed E-state index contributed by atoms with van der Waals surface area (Å²) in [5, 5.41) is 3.44. The standard InChI is InChI=1S/C11H25N3/c1-2-3-4-5-6-7-8-9-10-11(12)14-13/h2-10,13H2,1H3,(H2,12,14). The van der Waals surface area contributed by atoms with Crippen molar-refractivity contribution in [1.82, 2.24) is 0 Å². The maximum Gasteiger partial charge on any atom is 0.119 e. The summed E-state index contributed by atoms with van der Waals surface area (Å²) in [6.45, 7) is 2.24. The highest BCUT2D eigenvalue weighted by Crippen LogP contribution is 2.09. The molecule has 0 aromatic heterocycles. The van der Waals surface area contributed by atoms with E-state index in [2.05, 4.69) is 12.0 Å². The topological polar surface area (TPSA) is 64.4 Å².